The zero-order valence-corrected chi connectivity index (χ0v) is 26.3. The molecule has 2 atom stereocenters. The number of hydrogen-bond acceptors (Lipinski definition) is 8. The van der Waals surface area contributed by atoms with E-state index in [1.54, 1.807) is 28.8 Å². The van der Waals surface area contributed by atoms with E-state index in [0.29, 0.717) is 59.8 Å². The van der Waals surface area contributed by atoms with Crippen LogP contribution in [0.3, 0.4) is 0 Å². The number of carbonyl (C=O) groups excluding carboxylic acids is 4. The van der Waals surface area contributed by atoms with Crippen LogP contribution in [0.2, 0.25) is 0 Å². The van der Waals surface area contributed by atoms with Gasteiger partial charge in [-0.05, 0) is 43.4 Å². The highest BCUT2D eigenvalue weighted by Gasteiger charge is 2.54. The Morgan fingerprint density at radius 3 is 2.36 bits per heavy atom. The molecule has 2 saturated carbocycles. The lowest BCUT2D eigenvalue weighted by Crippen LogP contribution is -2.58. The predicted molar refractivity (Wildman–Crippen MR) is 173 cm³/mol. The van der Waals surface area contributed by atoms with Crippen molar-refractivity contribution in [3.63, 3.8) is 0 Å². The molecule has 234 valence electrons. The van der Waals surface area contributed by atoms with Gasteiger partial charge < -0.3 is 25.6 Å². The second-order valence-corrected chi connectivity index (χ2v) is 14.3. The number of thiazole rings is 1. The van der Waals surface area contributed by atoms with Gasteiger partial charge in [0.15, 0.2) is 5.13 Å². The molecule has 1 aromatic heterocycles. The molecule has 3 heterocycles. The van der Waals surface area contributed by atoms with Crippen molar-refractivity contribution in [1.82, 2.24) is 20.5 Å². The quantitative estimate of drug-likeness (QED) is 0.315. The van der Waals surface area contributed by atoms with Crippen LogP contribution in [0.5, 0.6) is 0 Å². The van der Waals surface area contributed by atoms with Crippen molar-refractivity contribution in [2.45, 2.75) is 61.5 Å². The number of nitrogens with one attached hydrogen (secondary N) is 3. The third-order valence-corrected chi connectivity index (χ3v) is 11.2. The summed E-state index contributed by atoms with van der Waals surface area (Å²) >= 11 is 2.92. The van der Waals surface area contributed by atoms with E-state index in [1.165, 1.54) is 11.3 Å². The lowest BCUT2D eigenvalue weighted by molar-refractivity contribution is -0.146. The zero-order chi connectivity index (χ0) is 31.0. The topological polar surface area (TPSA) is 130 Å². The maximum atomic E-state index is 14.5. The van der Waals surface area contributed by atoms with Gasteiger partial charge in [-0.25, -0.2) is 4.98 Å². The lowest BCUT2D eigenvalue weighted by atomic mass is 9.99. The number of rotatable bonds is 9. The number of amides is 4. The highest BCUT2D eigenvalue weighted by atomic mass is 32.2. The van der Waals surface area contributed by atoms with Crippen molar-refractivity contribution in [2.24, 2.45) is 5.92 Å². The van der Waals surface area contributed by atoms with Crippen LogP contribution < -0.4 is 16.0 Å². The van der Waals surface area contributed by atoms with Crippen molar-refractivity contribution < 1.29 is 23.9 Å². The minimum atomic E-state index is -0.895. The third kappa shape index (κ3) is 6.49. The van der Waals surface area contributed by atoms with Crippen LogP contribution in [0, 0.1) is 5.92 Å². The van der Waals surface area contributed by atoms with Gasteiger partial charge in [0.05, 0.1) is 10.6 Å². The maximum Gasteiger partial charge on any atom is 0.251 e. The molecule has 1 spiro atoms. The number of aromatic nitrogens is 1. The Bertz CT molecular complexity index is 1580. The Morgan fingerprint density at radius 2 is 1.67 bits per heavy atom. The normalized spacial score (nSPS) is 21.2. The fraction of sp³-hybridized carbons (Fsp3) is 0.424. The second-order valence-electron chi connectivity index (χ2n) is 12.1. The van der Waals surface area contributed by atoms with Crippen LogP contribution >= 0.6 is 23.1 Å². The van der Waals surface area contributed by atoms with Crippen molar-refractivity contribution in [1.29, 1.82) is 0 Å². The van der Waals surface area contributed by atoms with Crippen molar-refractivity contribution in [3.05, 3.63) is 71.1 Å². The average molecular weight is 646 g/mol. The molecule has 10 nitrogen and oxygen atoms in total. The first kappa shape index (κ1) is 29.9. The van der Waals surface area contributed by atoms with E-state index in [9.17, 15) is 19.2 Å². The molecule has 3 aromatic rings. The summed E-state index contributed by atoms with van der Waals surface area (Å²) in [4.78, 5) is 59.5. The van der Waals surface area contributed by atoms with Crippen LogP contribution in [0.15, 0.2) is 60.0 Å². The number of nitrogens with zero attached hydrogens (tertiary/aromatic N) is 2. The molecule has 3 N–H and O–H groups in total. The Hall–Kier alpha value is -3.74. The Balaban J connectivity index is 1.10. The van der Waals surface area contributed by atoms with Gasteiger partial charge in [-0.15, -0.1) is 23.1 Å². The van der Waals surface area contributed by atoms with E-state index in [-0.39, 0.29) is 29.5 Å². The molecule has 45 heavy (non-hydrogen) atoms. The Morgan fingerprint density at radius 1 is 0.933 bits per heavy atom. The number of benzene rings is 2. The van der Waals surface area contributed by atoms with E-state index in [4.69, 9.17) is 4.74 Å². The molecule has 4 amide bonds. The largest absolute Gasteiger partial charge is 0.381 e. The van der Waals surface area contributed by atoms with E-state index < -0.39 is 17.0 Å². The SMILES string of the molecule is O=C(NC1CC1)c1ccc(-c2csc(NC(=O)[C@@H]3CSC4(CCOCC4)N3C(=O)[C@H](NC(=O)C3CC3)c3ccccc3)n2)cc1. The summed E-state index contributed by atoms with van der Waals surface area (Å²) in [5.41, 5.74) is 2.81. The van der Waals surface area contributed by atoms with Gasteiger partial charge in [0.25, 0.3) is 11.8 Å². The summed E-state index contributed by atoms with van der Waals surface area (Å²) in [6.45, 7) is 0.985. The van der Waals surface area contributed by atoms with Gasteiger partial charge in [0.1, 0.15) is 12.1 Å². The van der Waals surface area contributed by atoms with Gasteiger partial charge in [-0.3, -0.25) is 19.2 Å². The van der Waals surface area contributed by atoms with E-state index >= 15 is 0 Å². The van der Waals surface area contributed by atoms with E-state index in [0.717, 1.165) is 31.2 Å². The van der Waals surface area contributed by atoms with Crippen molar-refractivity contribution in [2.75, 3.05) is 24.3 Å². The van der Waals surface area contributed by atoms with Crippen LogP contribution in [0.25, 0.3) is 11.3 Å². The molecular formula is C33H35N5O5S2. The fourth-order valence-electron chi connectivity index (χ4n) is 5.90. The number of thioether (sulfide) groups is 1. The highest BCUT2D eigenvalue weighted by molar-refractivity contribution is 8.01. The smallest absolute Gasteiger partial charge is 0.251 e. The Kier molecular flexibility index (Phi) is 8.36. The predicted octanol–water partition coefficient (Wildman–Crippen LogP) is 4.36. The first-order valence-corrected chi connectivity index (χ1v) is 17.3. The number of ether oxygens (including phenoxy) is 1. The molecule has 2 saturated heterocycles. The Labute approximate surface area is 269 Å². The minimum absolute atomic E-state index is 0.0664. The lowest BCUT2D eigenvalue weighted by Gasteiger charge is -2.43. The molecule has 12 heteroatoms. The van der Waals surface area contributed by atoms with Crippen molar-refractivity contribution >= 4 is 51.9 Å². The summed E-state index contributed by atoms with van der Waals surface area (Å²) in [6.07, 6.45) is 4.90. The first-order chi connectivity index (χ1) is 21.9. The average Bonchev–Trinajstić information content (AvgIpc) is 4.00. The molecule has 4 aliphatic rings. The molecule has 2 aromatic carbocycles. The van der Waals surface area contributed by atoms with E-state index in [1.807, 2.05) is 47.8 Å². The molecule has 2 aliphatic heterocycles. The summed E-state index contributed by atoms with van der Waals surface area (Å²) in [5, 5.41) is 11.3. The van der Waals surface area contributed by atoms with Crippen molar-refractivity contribution in [3.8, 4) is 11.3 Å². The molecule has 0 radical (unpaired) electrons. The highest BCUT2D eigenvalue weighted by Crippen LogP contribution is 2.48. The molecule has 0 unspecified atom stereocenters. The number of hydrogen-bond donors (Lipinski definition) is 3. The van der Waals surface area contributed by atoms with Crippen LogP contribution in [0.1, 0.15) is 60.5 Å². The number of anilines is 1. The second kappa shape index (κ2) is 12.6. The maximum absolute atomic E-state index is 14.5. The molecule has 7 rings (SSSR count). The first-order valence-electron chi connectivity index (χ1n) is 15.5. The van der Waals surface area contributed by atoms with Crippen LogP contribution in [-0.2, 0) is 19.1 Å². The summed E-state index contributed by atoms with van der Waals surface area (Å²) in [6, 6.07) is 15.2. The summed E-state index contributed by atoms with van der Waals surface area (Å²) in [5.74, 6) is -0.437. The minimum Gasteiger partial charge on any atom is -0.381 e. The van der Waals surface area contributed by atoms with Gasteiger partial charge in [-0.1, -0.05) is 42.5 Å². The monoisotopic (exact) mass is 645 g/mol. The fourth-order valence-corrected chi connectivity index (χ4v) is 8.21. The molecule has 0 bridgehead atoms. The third-order valence-electron chi connectivity index (χ3n) is 8.78. The van der Waals surface area contributed by atoms with Gasteiger partial charge in [0.2, 0.25) is 11.8 Å². The zero-order valence-electron chi connectivity index (χ0n) is 24.7. The van der Waals surface area contributed by atoms with E-state index in [2.05, 4.69) is 20.9 Å². The standard InChI is InChI=1S/C33H35N5O5S2/c39-28(34-24-12-13-24)22-8-6-20(7-9-22)25-18-44-32(35-25)37-30(41)26-19-45-33(14-16-43-17-15-33)38(26)31(42)27(21-4-2-1-3-5-21)36-29(40)23-10-11-23/h1-9,18,23-24,26-27H,10-17,19H2,(H,34,39)(H,36,40)(H,35,37,41)/t26-,27+/m0/s1. The van der Waals surface area contributed by atoms with Gasteiger partial charge >= 0.3 is 0 Å². The molecule has 4 fully saturated rings. The molecule has 2 aliphatic carbocycles. The number of carbonyl (C=O) groups is 4. The van der Waals surface area contributed by atoms with Gasteiger partial charge in [0, 0.05) is 60.3 Å². The molecular weight excluding hydrogens is 611 g/mol. The summed E-state index contributed by atoms with van der Waals surface area (Å²) < 4.78 is 5.66. The van der Waals surface area contributed by atoms with Crippen LogP contribution in [0.4, 0.5) is 5.13 Å². The van der Waals surface area contributed by atoms with Gasteiger partial charge in [-0.2, -0.15) is 0 Å². The summed E-state index contributed by atoms with van der Waals surface area (Å²) in [7, 11) is 0. The van der Waals surface area contributed by atoms with Crippen LogP contribution in [-0.4, -0.2) is 69.4 Å².